The van der Waals surface area contributed by atoms with Gasteiger partial charge < -0.3 is 5.32 Å². The number of primary sulfonamides is 1. The molecule has 0 unspecified atom stereocenters. The van der Waals surface area contributed by atoms with E-state index in [0.29, 0.717) is 13.1 Å². The topological polar surface area (TPSA) is 101 Å². The first-order chi connectivity index (χ1) is 8.93. The lowest BCUT2D eigenvalue weighted by atomic mass is 10.2. The second-order valence-electron chi connectivity index (χ2n) is 3.77. The molecule has 19 heavy (non-hydrogen) atoms. The van der Waals surface area contributed by atoms with Gasteiger partial charge >= 0.3 is 0 Å². The molecule has 0 aromatic heterocycles. The van der Waals surface area contributed by atoms with E-state index < -0.39 is 10.0 Å². The maximum atomic E-state index is 11.4. The van der Waals surface area contributed by atoms with E-state index in [1.807, 2.05) is 0 Å². The van der Waals surface area contributed by atoms with Crippen LogP contribution in [0.5, 0.6) is 0 Å². The van der Waals surface area contributed by atoms with E-state index in [0.717, 1.165) is 5.56 Å². The molecule has 1 amide bonds. The molecule has 0 saturated heterocycles. The van der Waals surface area contributed by atoms with E-state index in [1.54, 1.807) is 12.1 Å². The molecular weight excluding hydrogens is 266 g/mol. The number of nitrogens with two attached hydrogens (primary N) is 1. The van der Waals surface area contributed by atoms with Crippen molar-refractivity contribution in [1.29, 1.82) is 0 Å². The van der Waals surface area contributed by atoms with Crippen molar-refractivity contribution >= 4 is 15.9 Å². The Kier molecular flexibility index (Phi) is 5.51. The minimum absolute atomic E-state index is 0.0401. The molecule has 0 aliphatic rings. The molecule has 0 fully saturated rings. The van der Waals surface area contributed by atoms with Crippen LogP contribution in [0.1, 0.15) is 5.56 Å². The van der Waals surface area contributed by atoms with Gasteiger partial charge in [-0.25, -0.2) is 13.6 Å². The number of hydrogen-bond donors (Lipinski definition) is 3. The number of carbonyl (C=O) groups excluding carboxylic acids is 1. The summed E-state index contributed by atoms with van der Waals surface area (Å²) in [6.45, 7) is 0.775. The van der Waals surface area contributed by atoms with E-state index in [-0.39, 0.29) is 17.3 Å². The third-order valence-electron chi connectivity index (χ3n) is 2.25. The first kappa shape index (κ1) is 15.2. The number of benzene rings is 1. The Labute approximate surface area is 112 Å². The fourth-order valence-electron chi connectivity index (χ4n) is 1.31. The Balaban J connectivity index is 2.47. The number of hydrogen-bond acceptors (Lipinski definition) is 4. The fraction of sp³-hybridized carbons (Fsp3) is 0.250. The Morgan fingerprint density at radius 1 is 1.32 bits per heavy atom. The van der Waals surface area contributed by atoms with Gasteiger partial charge in [-0.1, -0.05) is 18.1 Å². The minimum Gasteiger partial charge on any atom is -0.351 e. The van der Waals surface area contributed by atoms with Gasteiger partial charge in [0, 0.05) is 6.54 Å². The fourth-order valence-corrected chi connectivity index (χ4v) is 1.82. The molecule has 0 aliphatic heterocycles. The average Bonchev–Trinajstić information content (AvgIpc) is 2.36. The lowest BCUT2D eigenvalue weighted by Crippen LogP contribution is -2.33. The summed E-state index contributed by atoms with van der Waals surface area (Å²) >= 11 is 0. The molecule has 1 rings (SSSR count). The van der Waals surface area contributed by atoms with E-state index in [2.05, 4.69) is 16.6 Å². The predicted octanol–water partition coefficient (Wildman–Crippen LogP) is -0.827. The highest BCUT2D eigenvalue weighted by Crippen LogP contribution is 2.08. The summed E-state index contributed by atoms with van der Waals surface area (Å²) < 4.78 is 22.1. The summed E-state index contributed by atoms with van der Waals surface area (Å²) in [6, 6.07) is 5.98. The van der Waals surface area contributed by atoms with Crippen molar-refractivity contribution in [2.24, 2.45) is 5.14 Å². The third-order valence-corrected chi connectivity index (χ3v) is 3.18. The van der Waals surface area contributed by atoms with Gasteiger partial charge in [0.2, 0.25) is 15.9 Å². The van der Waals surface area contributed by atoms with Crippen LogP contribution in [-0.4, -0.2) is 27.4 Å². The van der Waals surface area contributed by atoms with Gasteiger partial charge in [0.05, 0.1) is 18.0 Å². The molecule has 0 bridgehead atoms. The first-order valence-corrected chi connectivity index (χ1v) is 7.00. The molecule has 4 N–H and O–H groups in total. The molecule has 0 spiro atoms. The summed E-state index contributed by atoms with van der Waals surface area (Å²) in [5, 5.41) is 10.4. The normalized spacial score (nSPS) is 10.7. The van der Waals surface area contributed by atoms with Crippen LogP contribution < -0.4 is 15.8 Å². The highest BCUT2D eigenvalue weighted by Gasteiger charge is 2.07. The van der Waals surface area contributed by atoms with Gasteiger partial charge in [0.1, 0.15) is 0 Å². The van der Waals surface area contributed by atoms with Crippen molar-refractivity contribution in [3.8, 4) is 12.3 Å². The van der Waals surface area contributed by atoms with Crippen LogP contribution in [0.4, 0.5) is 0 Å². The highest BCUT2D eigenvalue weighted by molar-refractivity contribution is 7.89. The van der Waals surface area contributed by atoms with Crippen LogP contribution in [0.25, 0.3) is 0 Å². The third kappa shape index (κ3) is 5.52. The van der Waals surface area contributed by atoms with Crippen molar-refractivity contribution in [2.45, 2.75) is 11.4 Å². The molecule has 0 heterocycles. The number of sulfonamides is 1. The van der Waals surface area contributed by atoms with Gasteiger partial charge in [-0.05, 0) is 17.7 Å². The largest absolute Gasteiger partial charge is 0.351 e. The van der Waals surface area contributed by atoms with Crippen LogP contribution in [-0.2, 0) is 21.4 Å². The zero-order chi connectivity index (χ0) is 14.3. The quantitative estimate of drug-likeness (QED) is 0.468. The smallest absolute Gasteiger partial charge is 0.238 e. The van der Waals surface area contributed by atoms with Crippen LogP contribution in [0.3, 0.4) is 0 Å². The number of carbonyl (C=O) groups is 1. The maximum absolute atomic E-state index is 11.4. The van der Waals surface area contributed by atoms with Gasteiger partial charge in [-0.3, -0.25) is 10.1 Å². The van der Waals surface area contributed by atoms with Gasteiger partial charge in [0.15, 0.2) is 0 Å². The lowest BCUT2D eigenvalue weighted by molar-refractivity contribution is -0.120. The number of amides is 1. The number of nitrogens with one attached hydrogen (secondary N) is 2. The number of rotatable bonds is 6. The zero-order valence-electron chi connectivity index (χ0n) is 10.2. The Morgan fingerprint density at radius 2 is 1.95 bits per heavy atom. The molecule has 0 radical (unpaired) electrons. The second-order valence-corrected chi connectivity index (χ2v) is 5.33. The molecule has 0 saturated carbocycles. The van der Waals surface area contributed by atoms with E-state index in [4.69, 9.17) is 11.6 Å². The summed E-state index contributed by atoms with van der Waals surface area (Å²) in [4.78, 5) is 11.4. The van der Waals surface area contributed by atoms with Crippen molar-refractivity contribution in [1.82, 2.24) is 10.6 Å². The zero-order valence-corrected chi connectivity index (χ0v) is 11.0. The summed E-state index contributed by atoms with van der Waals surface area (Å²) in [7, 11) is -3.68. The van der Waals surface area contributed by atoms with Crippen molar-refractivity contribution in [3.63, 3.8) is 0 Å². The Morgan fingerprint density at radius 3 is 2.47 bits per heavy atom. The molecule has 0 atom stereocenters. The molecule has 102 valence electrons. The van der Waals surface area contributed by atoms with Crippen LogP contribution in [0, 0.1) is 12.3 Å². The maximum Gasteiger partial charge on any atom is 0.238 e. The Hall–Kier alpha value is -1.88. The monoisotopic (exact) mass is 281 g/mol. The molecule has 0 aliphatic carbocycles. The molecule has 1 aromatic rings. The van der Waals surface area contributed by atoms with Gasteiger partial charge in [-0.15, -0.1) is 6.42 Å². The lowest BCUT2D eigenvalue weighted by Gasteiger charge is -2.06. The van der Waals surface area contributed by atoms with Gasteiger partial charge in [0.25, 0.3) is 0 Å². The van der Waals surface area contributed by atoms with Crippen LogP contribution >= 0.6 is 0 Å². The predicted molar refractivity (Wildman–Crippen MR) is 71.4 cm³/mol. The highest BCUT2D eigenvalue weighted by atomic mass is 32.2. The van der Waals surface area contributed by atoms with Crippen molar-refractivity contribution < 1.29 is 13.2 Å². The van der Waals surface area contributed by atoms with E-state index >= 15 is 0 Å². The second kappa shape index (κ2) is 6.89. The Bertz CT molecular complexity index is 573. The van der Waals surface area contributed by atoms with Crippen molar-refractivity contribution in [3.05, 3.63) is 29.8 Å². The van der Waals surface area contributed by atoms with Gasteiger partial charge in [-0.2, -0.15) is 0 Å². The van der Waals surface area contributed by atoms with Crippen molar-refractivity contribution in [2.75, 3.05) is 13.1 Å². The summed E-state index contributed by atoms with van der Waals surface area (Å²) in [5.74, 6) is 2.17. The van der Waals surface area contributed by atoms with E-state index in [1.165, 1.54) is 12.1 Å². The molecule has 7 heteroatoms. The standard InChI is InChI=1S/C12H15N3O3S/c1-2-7-14-9-12(16)15-8-10-3-5-11(6-4-10)19(13,17)18/h1,3-6,14H,7-9H2,(H,15,16)(H2,13,17,18). The molecular formula is C12H15N3O3S. The molecule has 6 nitrogen and oxygen atoms in total. The SMILES string of the molecule is C#CCNCC(=O)NCc1ccc(S(N)(=O)=O)cc1. The summed E-state index contributed by atoms with van der Waals surface area (Å²) in [5.41, 5.74) is 0.776. The minimum atomic E-state index is -3.68. The van der Waals surface area contributed by atoms with Crippen LogP contribution in [0.2, 0.25) is 0 Å². The van der Waals surface area contributed by atoms with E-state index in [9.17, 15) is 13.2 Å². The molecule has 1 aromatic carbocycles. The summed E-state index contributed by atoms with van der Waals surface area (Å²) in [6.07, 6.45) is 5.03. The van der Waals surface area contributed by atoms with Crippen LogP contribution in [0.15, 0.2) is 29.2 Å². The first-order valence-electron chi connectivity index (χ1n) is 5.46. The number of terminal acetylenes is 1. The average molecular weight is 281 g/mol.